The number of benzene rings is 2. The van der Waals surface area contributed by atoms with Gasteiger partial charge in [0.05, 0.1) is 31.4 Å². The maximum atomic E-state index is 13.9. The van der Waals surface area contributed by atoms with Gasteiger partial charge in [0.1, 0.15) is 0 Å². The van der Waals surface area contributed by atoms with Crippen molar-refractivity contribution in [2.45, 2.75) is 51.1 Å². The van der Waals surface area contributed by atoms with Gasteiger partial charge in [-0.05, 0) is 48.7 Å². The fourth-order valence-corrected chi connectivity index (χ4v) is 5.10. The smallest absolute Gasteiger partial charge is 0.306 e. The summed E-state index contributed by atoms with van der Waals surface area (Å²) in [5.41, 5.74) is 0.657. The summed E-state index contributed by atoms with van der Waals surface area (Å²) in [6.07, 6.45) is 0.0281. The standard InChI is InChI=1S/C25H27Cl2NO5/c1-15(11-21(29)30)28-23(16-7-9-18(26)10-8-16)20(17-5-4-6-19(27)12-17)13-25(2,24(28)32)14-22(31)33-3/h4-10,12,15,20,23H,11,13-14H2,1-3H3,(H,29,30)/t15-,20+,23+,25+/m0/s1. The van der Waals surface area contributed by atoms with Crippen molar-refractivity contribution in [2.75, 3.05) is 7.11 Å². The van der Waals surface area contributed by atoms with Gasteiger partial charge in [0.15, 0.2) is 0 Å². The quantitative estimate of drug-likeness (QED) is 0.518. The van der Waals surface area contributed by atoms with E-state index in [1.165, 1.54) is 7.11 Å². The number of piperidine rings is 1. The van der Waals surface area contributed by atoms with Crippen LogP contribution in [0.4, 0.5) is 0 Å². The molecule has 33 heavy (non-hydrogen) atoms. The number of hydrogen-bond donors (Lipinski definition) is 1. The summed E-state index contributed by atoms with van der Waals surface area (Å²) in [5.74, 6) is -2.02. The number of methoxy groups -OCH3 is 1. The van der Waals surface area contributed by atoms with Crippen molar-refractivity contribution in [1.29, 1.82) is 0 Å². The molecule has 3 rings (SSSR count). The molecule has 1 fully saturated rings. The average Bonchev–Trinajstić information content (AvgIpc) is 2.75. The first kappa shape index (κ1) is 25.1. The fourth-order valence-electron chi connectivity index (χ4n) is 4.77. The second-order valence-electron chi connectivity index (χ2n) is 8.83. The number of carboxylic acid groups (broad SMARTS) is 1. The van der Waals surface area contributed by atoms with Gasteiger partial charge in [-0.25, -0.2) is 0 Å². The molecule has 1 saturated heterocycles. The molecule has 1 heterocycles. The minimum atomic E-state index is -1.07. The van der Waals surface area contributed by atoms with Crippen LogP contribution < -0.4 is 0 Å². The lowest BCUT2D eigenvalue weighted by atomic mass is 9.67. The number of carbonyl (C=O) groups is 3. The van der Waals surface area contributed by atoms with Crippen molar-refractivity contribution >= 4 is 41.0 Å². The van der Waals surface area contributed by atoms with E-state index >= 15 is 0 Å². The molecule has 8 heteroatoms. The van der Waals surface area contributed by atoms with E-state index in [2.05, 4.69) is 0 Å². The number of carboxylic acids is 1. The van der Waals surface area contributed by atoms with E-state index in [4.69, 9.17) is 27.9 Å². The van der Waals surface area contributed by atoms with Crippen molar-refractivity contribution in [3.05, 3.63) is 69.7 Å². The molecule has 1 aliphatic heterocycles. The van der Waals surface area contributed by atoms with Gasteiger partial charge in [0.25, 0.3) is 0 Å². The molecule has 0 radical (unpaired) electrons. The molecule has 0 aromatic heterocycles. The average molecular weight is 492 g/mol. The van der Waals surface area contributed by atoms with Gasteiger partial charge in [-0.2, -0.15) is 0 Å². The summed E-state index contributed by atoms with van der Waals surface area (Å²) in [7, 11) is 1.29. The minimum absolute atomic E-state index is 0.108. The molecule has 1 aliphatic rings. The van der Waals surface area contributed by atoms with Crippen molar-refractivity contribution < 1.29 is 24.2 Å². The van der Waals surface area contributed by atoms with Crippen LogP contribution in [0.15, 0.2) is 48.5 Å². The van der Waals surface area contributed by atoms with E-state index in [-0.39, 0.29) is 24.7 Å². The highest BCUT2D eigenvalue weighted by Crippen LogP contribution is 2.52. The molecule has 1 N–H and O–H groups in total. The number of amides is 1. The monoisotopic (exact) mass is 491 g/mol. The summed E-state index contributed by atoms with van der Waals surface area (Å²) in [5, 5.41) is 10.6. The number of aliphatic carboxylic acids is 1. The summed E-state index contributed by atoms with van der Waals surface area (Å²) in [6.45, 7) is 3.45. The highest BCUT2D eigenvalue weighted by molar-refractivity contribution is 6.30. The van der Waals surface area contributed by atoms with Crippen LogP contribution in [0.2, 0.25) is 10.0 Å². The Kier molecular flexibility index (Phi) is 7.70. The lowest BCUT2D eigenvalue weighted by Gasteiger charge is -2.51. The number of ether oxygens (including phenoxy) is 1. The van der Waals surface area contributed by atoms with Crippen LogP contribution in [0.25, 0.3) is 0 Å². The van der Waals surface area contributed by atoms with Gasteiger partial charge in [0.2, 0.25) is 5.91 Å². The van der Waals surface area contributed by atoms with E-state index in [1.807, 2.05) is 30.3 Å². The fraction of sp³-hybridized carbons (Fsp3) is 0.400. The molecule has 1 amide bonds. The first-order valence-corrected chi connectivity index (χ1v) is 11.4. The third kappa shape index (κ3) is 5.50. The molecule has 6 nitrogen and oxygen atoms in total. The minimum Gasteiger partial charge on any atom is -0.481 e. The van der Waals surface area contributed by atoms with Gasteiger partial charge in [-0.3, -0.25) is 14.4 Å². The summed E-state index contributed by atoms with van der Waals surface area (Å²) >= 11 is 12.4. The maximum absolute atomic E-state index is 13.9. The zero-order chi connectivity index (χ0) is 24.3. The number of esters is 1. The van der Waals surface area contributed by atoms with Crippen LogP contribution in [-0.2, 0) is 19.1 Å². The number of carbonyl (C=O) groups excluding carboxylic acids is 2. The van der Waals surface area contributed by atoms with E-state index in [0.717, 1.165) is 11.1 Å². The number of likely N-dealkylation sites (tertiary alicyclic amines) is 1. The number of hydrogen-bond acceptors (Lipinski definition) is 4. The van der Waals surface area contributed by atoms with Gasteiger partial charge in [-0.15, -0.1) is 0 Å². The molecule has 0 aliphatic carbocycles. The molecule has 0 saturated carbocycles. The lowest BCUT2D eigenvalue weighted by molar-refractivity contribution is -0.162. The Morgan fingerprint density at radius 1 is 1.15 bits per heavy atom. The highest BCUT2D eigenvalue weighted by atomic mass is 35.5. The van der Waals surface area contributed by atoms with Gasteiger partial charge in [0, 0.05) is 22.0 Å². The van der Waals surface area contributed by atoms with E-state index in [0.29, 0.717) is 16.5 Å². The Hall–Kier alpha value is -2.57. The summed E-state index contributed by atoms with van der Waals surface area (Å²) < 4.78 is 4.87. The Morgan fingerprint density at radius 2 is 1.82 bits per heavy atom. The predicted molar refractivity (Wildman–Crippen MR) is 126 cm³/mol. The molecular formula is C25H27Cl2NO5. The normalized spacial score (nSPS) is 23.8. The zero-order valence-corrected chi connectivity index (χ0v) is 20.3. The molecule has 0 spiro atoms. The van der Waals surface area contributed by atoms with Crippen LogP contribution >= 0.6 is 23.2 Å². The molecular weight excluding hydrogens is 465 g/mol. The first-order chi connectivity index (χ1) is 15.6. The number of halogens is 2. The van der Waals surface area contributed by atoms with Crippen LogP contribution in [0.1, 0.15) is 56.2 Å². The zero-order valence-electron chi connectivity index (χ0n) is 18.8. The maximum Gasteiger partial charge on any atom is 0.306 e. The Bertz CT molecular complexity index is 1040. The molecule has 2 aromatic carbocycles. The van der Waals surface area contributed by atoms with E-state index in [9.17, 15) is 19.5 Å². The Labute approximate surface area is 203 Å². The second kappa shape index (κ2) is 10.1. The van der Waals surface area contributed by atoms with Crippen LogP contribution in [0.3, 0.4) is 0 Å². The second-order valence-corrected chi connectivity index (χ2v) is 9.71. The van der Waals surface area contributed by atoms with Crippen LogP contribution in [0.5, 0.6) is 0 Å². The molecule has 4 atom stereocenters. The Balaban J connectivity index is 2.20. The molecule has 176 valence electrons. The van der Waals surface area contributed by atoms with Crippen molar-refractivity contribution in [3.63, 3.8) is 0 Å². The molecule has 0 bridgehead atoms. The SMILES string of the molecule is COC(=O)C[C@@]1(C)C[C@H](c2cccc(Cl)c2)[C@@H](c2ccc(Cl)cc2)N([C@@H](C)CC(=O)O)C1=O. The van der Waals surface area contributed by atoms with Crippen LogP contribution in [0, 0.1) is 5.41 Å². The third-order valence-corrected chi connectivity index (χ3v) is 6.78. The predicted octanol–water partition coefficient (Wildman–Crippen LogP) is 5.48. The lowest BCUT2D eigenvalue weighted by Crippen LogP contribution is -2.55. The number of nitrogens with zero attached hydrogens (tertiary/aromatic N) is 1. The van der Waals surface area contributed by atoms with Crippen molar-refractivity contribution in [1.82, 2.24) is 4.90 Å². The molecule has 2 aromatic rings. The molecule has 0 unspecified atom stereocenters. The largest absolute Gasteiger partial charge is 0.481 e. The number of rotatable bonds is 7. The summed E-state index contributed by atoms with van der Waals surface area (Å²) in [6, 6.07) is 13.5. The van der Waals surface area contributed by atoms with E-state index in [1.54, 1.807) is 36.9 Å². The topological polar surface area (TPSA) is 83.9 Å². The Morgan fingerprint density at radius 3 is 2.39 bits per heavy atom. The van der Waals surface area contributed by atoms with Gasteiger partial charge < -0.3 is 14.7 Å². The van der Waals surface area contributed by atoms with E-state index < -0.39 is 29.4 Å². The summed E-state index contributed by atoms with van der Waals surface area (Å²) in [4.78, 5) is 39.3. The first-order valence-electron chi connectivity index (χ1n) is 10.7. The van der Waals surface area contributed by atoms with Crippen molar-refractivity contribution in [2.24, 2.45) is 5.41 Å². The van der Waals surface area contributed by atoms with Crippen LogP contribution in [-0.4, -0.2) is 41.0 Å². The van der Waals surface area contributed by atoms with Gasteiger partial charge in [-0.1, -0.05) is 54.4 Å². The highest BCUT2D eigenvalue weighted by Gasteiger charge is 2.52. The third-order valence-electron chi connectivity index (χ3n) is 6.30. The van der Waals surface area contributed by atoms with Crippen molar-refractivity contribution in [3.8, 4) is 0 Å². The van der Waals surface area contributed by atoms with Gasteiger partial charge >= 0.3 is 11.9 Å².